The van der Waals surface area contributed by atoms with Gasteiger partial charge in [-0.1, -0.05) is 18.2 Å². The zero-order valence-electron chi connectivity index (χ0n) is 11.0. The number of hydrogen-bond donors (Lipinski definition) is 1. The number of carbonyl (C=O) groups is 1. The third-order valence-electron chi connectivity index (χ3n) is 3.46. The Bertz CT molecular complexity index is 420. The molecule has 0 spiro atoms. The summed E-state index contributed by atoms with van der Waals surface area (Å²) in [7, 11) is 1.46. The number of para-hydroxylation sites is 1. The average molecular weight is 248 g/mol. The Morgan fingerprint density at radius 3 is 3.06 bits per heavy atom. The van der Waals surface area contributed by atoms with Crippen LogP contribution in [0, 0.1) is 0 Å². The molecule has 98 valence electrons. The van der Waals surface area contributed by atoms with Gasteiger partial charge in [-0.05, 0) is 31.4 Å². The van der Waals surface area contributed by atoms with E-state index in [0.717, 1.165) is 19.4 Å². The molecule has 1 aromatic carbocycles. The largest absolute Gasteiger partial charge is 0.368 e. The molecular weight excluding hydrogens is 228 g/mol. The van der Waals surface area contributed by atoms with Crippen LogP contribution in [-0.2, 0) is 16.1 Å². The van der Waals surface area contributed by atoms with Gasteiger partial charge in [-0.3, -0.25) is 9.63 Å². The van der Waals surface area contributed by atoms with Crippen molar-refractivity contribution >= 4 is 11.6 Å². The van der Waals surface area contributed by atoms with E-state index >= 15 is 0 Å². The second kappa shape index (κ2) is 5.87. The van der Waals surface area contributed by atoms with Gasteiger partial charge >= 0.3 is 0 Å². The first-order valence-electron chi connectivity index (χ1n) is 6.38. The lowest BCUT2D eigenvalue weighted by atomic mass is 9.96. The first-order valence-corrected chi connectivity index (χ1v) is 6.38. The molecule has 1 N–H and O–H groups in total. The summed E-state index contributed by atoms with van der Waals surface area (Å²) >= 11 is 0. The molecule has 0 radical (unpaired) electrons. The Morgan fingerprint density at radius 2 is 2.28 bits per heavy atom. The Balaban J connectivity index is 2.05. The van der Waals surface area contributed by atoms with Crippen molar-refractivity contribution in [1.82, 2.24) is 5.48 Å². The molecule has 0 aromatic heterocycles. The second-order valence-corrected chi connectivity index (χ2v) is 4.69. The van der Waals surface area contributed by atoms with Gasteiger partial charge < -0.3 is 4.90 Å². The smallest absolute Gasteiger partial charge is 0.245 e. The number of nitrogens with one attached hydrogen (secondary N) is 1. The molecule has 4 heteroatoms. The lowest BCUT2D eigenvalue weighted by Gasteiger charge is -2.37. The number of anilines is 1. The number of carbonyl (C=O) groups excluding carboxylic acids is 1. The van der Waals surface area contributed by atoms with Crippen molar-refractivity contribution in [2.24, 2.45) is 0 Å². The number of aryl methyl sites for hydroxylation is 1. The highest BCUT2D eigenvalue weighted by Gasteiger charge is 2.22. The quantitative estimate of drug-likeness (QED) is 0.827. The van der Waals surface area contributed by atoms with E-state index in [1.807, 2.05) is 0 Å². The van der Waals surface area contributed by atoms with Crippen LogP contribution >= 0.6 is 0 Å². The van der Waals surface area contributed by atoms with Gasteiger partial charge in [0.05, 0.1) is 7.11 Å². The maximum absolute atomic E-state index is 11.4. The van der Waals surface area contributed by atoms with E-state index in [-0.39, 0.29) is 5.91 Å². The Morgan fingerprint density at radius 1 is 1.50 bits per heavy atom. The number of hydrogen-bond acceptors (Lipinski definition) is 3. The summed E-state index contributed by atoms with van der Waals surface area (Å²) in [6.07, 6.45) is 2.72. The number of nitrogens with zero attached hydrogens (tertiary/aromatic N) is 1. The van der Waals surface area contributed by atoms with Gasteiger partial charge in [0, 0.05) is 24.7 Å². The molecule has 0 unspecified atom stereocenters. The van der Waals surface area contributed by atoms with Crippen molar-refractivity contribution in [3.63, 3.8) is 0 Å². The summed E-state index contributed by atoms with van der Waals surface area (Å²) < 4.78 is 0. The topological polar surface area (TPSA) is 41.6 Å². The van der Waals surface area contributed by atoms with Crippen molar-refractivity contribution < 1.29 is 9.63 Å². The zero-order chi connectivity index (χ0) is 13.0. The van der Waals surface area contributed by atoms with Crippen molar-refractivity contribution in [2.75, 3.05) is 18.6 Å². The molecule has 18 heavy (non-hydrogen) atoms. The first kappa shape index (κ1) is 12.9. The monoisotopic (exact) mass is 248 g/mol. The summed E-state index contributed by atoms with van der Waals surface area (Å²) in [5, 5.41) is 0. The van der Waals surface area contributed by atoms with Gasteiger partial charge in [0.2, 0.25) is 5.91 Å². The van der Waals surface area contributed by atoms with E-state index in [2.05, 4.69) is 46.4 Å². The SMILES string of the molecule is CONC(=O)CCN1c2ccccc2CC[C@@H]1C. The second-order valence-electron chi connectivity index (χ2n) is 4.69. The number of hydroxylamine groups is 1. The van der Waals surface area contributed by atoms with Gasteiger partial charge in [0.1, 0.15) is 0 Å². The Kier molecular flexibility index (Phi) is 4.20. The molecule has 1 atom stereocenters. The maximum atomic E-state index is 11.4. The van der Waals surface area contributed by atoms with E-state index in [0.29, 0.717) is 12.5 Å². The molecule has 0 aliphatic carbocycles. The van der Waals surface area contributed by atoms with E-state index < -0.39 is 0 Å². The summed E-state index contributed by atoms with van der Waals surface area (Å²) in [4.78, 5) is 18.4. The van der Waals surface area contributed by atoms with Gasteiger partial charge in [-0.2, -0.15) is 0 Å². The highest BCUT2D eigenvalue weighted by Crippen LogP contribution is 2.30. The van der Waals surface area contributed by atoms with Crippen molar-refractivity contribution in [1.29, 1.82) is 0 Å². The molecule has 1 aliphatic heterocycles. The molecule has 4 nitrogen and oxygen atoms in total. The van der Waals surface area contributed by atoms with Gasteiger partial charge in [0.15, 0.2) is 0 Å². The molecule has 1 heterocycles. The third kappa shape index (κ3) is 2.82. The van der Waals surface area contributed by atoms with Crippen LogP contribution in [0.3, 0.4) is 0 Å². The van der Waals surface area contributed by atoms with E-state index in [9.17, 15) is 4.79 Å². The summed E-state index contributed by atoms with van der Waals surface area (Å²) in [5.74, 6) is -0.0762. The summed E-state index contributed by atoms with van der Waals surface area (Å²) in [6, 6.07) is 8.92. The molecule has 0 fully saturated rings. The number of fused-ring (bicyclic) bond motifs is 1. The van der Waals surface area contributed by atoms with Crippen LogP contribution in [0.5, 0.6) is 0 Å². The third-order valence-corrected chi connectivity index (χ3v) is 3.46. The lowest BCUT2D eigenvalue weighted by Crippen LogP contribution is -2.39. The normalized spacial score (nSPS) is 18.3. The van der Waals surface area contributed by atoms with E-state index in [1.165, 1.54) is 18.4 Å². The van der Waals surface area contributed by atoms with E-state index in [1.54, 1.807) is 0 Å². The van der Waals surface area contributed by atoms with Crippen LogP contribution in [0.15, 0.2) is 24.3 Å². The van der Waals surface area contributed by atoms with Crippen LogP contribution in [0.25, 0.3) is 0 Å². The highest BCUT2D eigenvalue weighted by atomic mass is 16.6. The molecule has 0 bridgehead atoms. The predicted molar refractivity (Wildman–Crippen MR) is 71.3 cm³/mol. The summed E-state index contributed by atoms with van der Waals surface area (Å²) in [6.45, 7) is 2.94. The van der Waals surface area contributed by atoms with Crippen molar-refractivity contribution in [2.45, 2.75) is 32.2 Å². The predicted octanol–water partition coefficient (Wildman–Crippen LogP) is 1.90. The molecule has 1 amide bonds. The maximum Gasteiger partial charge on any atom is 0.245 e. The van der Waals surface area contributed by atoms with Crippen LogP contribution in [0.1, 0.15) is 25.3 Å². The zero-order valence-corrected chi connectivity index (χ0v) is 11.0. The molecule has 2 rings (SSSR count). The fourth-order valence-corrected chi connectivity index (χ4v) is 2.49. The van der Waals surface area contributed by atoms with Crippen LogP contribution in [0.4, 0.5) is 5.69 Å². The van der Waals surface area contributed by atoms with Crippen LogP contribution in [0.2, 0.25) is 0 Å². The number of benzene rings is 1. The van der Waals surface area contributed by atoms with Gasteiger partial charge in [-0.25, -0.2) is 5.48 Å². The van der Waals surface area contributed by atoms with Crippen LogP contribution < -0.4 is 10.4 Å². The fourth-order valence-electron chi connectivity index (χ4n) is 2.49. The van der Waals surface area contributed by atoms with Crippen LogP contribution in [-0.4, -0.2) is 25.6 Å². The van der Waals surface area contributed by atoms with Crippen molar-refractivity contribution in [3.05, 3.63) is 29.8 Å². The number of rotatable bonds is 4. The van der Waals surface area contributed by atoms with Gasteiger partial charge in [-0.15, -0.1) is 0 Å². The molecule has 1 aliphatic rings. The Hall–Kier alpha value is -1.55. The van der Waals surface area contributed by atoms with Crippen molar-refractivity contribution in [3.8, 4) is 0 Å². The minimum atomic E-state index is -0.0762. The lowest BCUT2D eigenvalue weighted by molar-refractivity contribution is -0.131. The molecule has 0 saturated heterocycles. The highest BCUT2D eigenvalue weighted by molar-refractivity contribution is 5.75. The standard InChI is InChI=1S/C14H20N2O2/c1-11-7-8-12-5-3-4-6-13(12)16(11)10-9-14(17)15-18-2/h3-6,11H,7-10H2,1-2H3,(H,15,17)/t11-/m0/s1. The number of amides is 1. The van der Waals surface area contributed by atoms with E-state index in [4.69, 9.17) is 0 Å². The first-order chi connectivity index (χ1) is 8.72. The summed E-state index contributed by atoms with van der Waals surface area (Å²) in [5.41, 5.74) is 5.00. The average Bonchev–Trinajstić information content (AvgIpc) is 2.38. The molecular formula is C14H20N2O2. The fraction of sp³-hybridized carbons (Fsp3) is 0.500. The Labute approximate surface area is 108 Å². The minimum Gasteiger partial charge on any atom is -0.368 e. The minimum absolute atomic E-state index is 0.0762. The van der Waals surface area contributed by atoms with Gasteiger partial charge in [0.25, 0.3) is 0 Å². The molecule has 0 saturated carbocycles. The molecule has 1 aromatic rings.